The molecule has 0 aliphatic heterocycles. The van der Waals surface area contributed by atoms with Gasteiger partial charge in [-0.25, -0.2) is 9.78 Å². The van der Waals surface area contributed by atoms with E-state index in [2.05, 4.69) is 13.8 Å². The minimum absolute atomic E-state index is 0.127. The highest BCUT2D eigenvalue weighted by Crippen LogP contribution is 2.66. The van der Waals surface area contributed by atoms with Gasteiger partial charge in [-0.15, -0.1) is 0 Å². The Morgan fingerprint density at radius 2 is 1.78 bits per heavy atom. The van der Waals surface area contributed by atoms with Crippen molar-refractivity contribution in [1.82, 2.24) is 0 Å². The molecule has 4 aliphatic carbocycles. The van der Waals surface area contributed by atoms with Crippen molar-refractivity contribution in [2.24, 2.45) is 34.5 Å². The summed E-state index contributed by atoms with van der Waals surface area (Å²) in [7, 11) is 0. The monoisotopic (exact) mass is 378 g/mol. The van der Waals surface area contributed by atoms with Gasteiger partial charge in [0.2, 0.25) is 0 Å². The zero-order valence-corrected chi connectivity index (χ0v) is 17.8. The minimum atomic E-state index is -0.399. The fourth-order valence-corrected chi connectivity index (χ4v) is 7.30. The summed E-state index contributed by atoms with van der Waals surface area (Å²) in [6, 6.07) is 0. The van der Waals surface area contributed by atoms with Crippen molar-refractivity contribution in [2.45, 2.75) is 104 Å². The van der Waals surface area contributed by atoms with E-state index in [1.165, 1.54) is 12.8 Å². The summed E-state index contributed by atoms with van der Waals surface area (Å²) in [6.07, 6.45) is 7.72. The summed E-state index contributed by atoms with van der Waals surface area (Å²) in [5, 5.41) is 10.2. The second-order valence-corrected chi connectivity index (χ2v) is 11.3. The van der Waals surface area contributed by atoms with Crippen LogP contribution in [0.25, 0.3) is 0 Å². The number of hydrogen-bond acceptors (Lipinski definition) is 4. The van der Waals surface area contributed by atoms with E-state index >= 15 is 0 Å². The van der Waals surface area contributed by atoms with Crippen LogP contribution in [0.15, 0.2) is 0 Å². The molecule has 0 amide bonds. The molecule has 4 rings (SSSR count). The maximum Gasteiger partial charge on any atom is 0.141 e. The molecule has 0 aromatic carbocycles. The van der Waals surface area contributed by atoms with E-state index in [4.69, 9.17) is 9.78 Å². The van der Waals surface area contributed by atoms with Crippen molar-refractivity contribution in [3.05, 3.63) is 0 Å². The number of carbonyl (C=O) groups excluding carboxylic acids is 1. The molecule has 4 saturated carbocycles. The van der Waals surface area contributed by atoms with Gasteiger partial charge in [0.1, 0.15) is 11.9 Å². The summed E-state index contributed by atoms with van der Waals surface area (Å²) in [4.78, 5) is 24.8. The first-order valence-corrected chi connectivity index (χ1v) is 11.1. The van der Waals surface area contributed by atoms with Gasteiger partial charge in [0.25, 0.3) is 0 Å². The maximum absolute atomic E-state index is 13.0. The lowest BCUT2D eigenvalue weighted by Gasteiger charge is -2.61. The van der Waals surface area contributed by atoms with Gasteiger partial charge < -0.3 is 5.11 Å². The van der Waals surface area contributed by atoms with Crippen molar-refractivity contribution >= 4 is 5.78 Å². The second-order valence-electron chi connectivity index (χ2n) is 11.3. The molecular weight excluding hydrogens is 340 g/mol. The molecule has 4 nitrogen and oxygen atoms in total. The zero-order chi connectivity index (χ0) is 19.6. The SMILES string of the molecule is CC(C)(C)OOC1CC2[C@@H](CC[C@@H]3C[C@H](O)CC[C@]23C)[C@@H]2CCC(=O)[C@@]12C. The fraction of sp³-hybridized carbons (Fsp3) is 0.957. The van der Waals surface area contributed by atoms with Crippen molar-refractivity contribution in [1.29, 1.82) is 0 Å². The number of aliphatic hydroxyl groups excluding tert-OH is 1. The van der Waals surface area contributed by atoms with Crippen LogP contribution in [0.3, 0.4) is 0 Å². The topological polar surface area (TPSA) is 55.8 Å². The van der Waals surface area contributed by atoms with Crippen molar-refractivity contribution in [3.8, 4) is 0 Å². The number of hydrogen-bond donors (Lipinski definition) is 1. The van der Waals surface area contributed by atoms with Crippen LogP contribution >= 0.6 is 0 Å². The zero-order valence-electron chi connectivity index (χ0n) is 17.8. The molecule has 0 saturated heterocycles. The minimum Gasteiger partial charge on any atom is -0.393 e. The number of aliphatic hydroxyl groups is 1. The summed E-state index contributed by atoms with van der Waals surface area (Å²) in [5.74, 6) is 2.59. The highest BCUT2D eigenvalue weighted by Gasteiger charge is 2.64. The smallest absolute Gasteiger partial charge is 0.141 e. The van der Waals surface area contributed by atoms with Crippen molar-refractivity contribution in [3.63, 3.8) is 0 Å². The van der Waals surface area contributed by atoms with Crippen LogP contribution in [0.4, 0.5) is 0 Å². The molecule has 1 N–H and O–H groups in total. The molecular formula is C23H38O4. The summed E-state index contributed by atoms with van der Waals surface area (Å²) in [5.41, 5.74) is -0.513. The molecule has 4 heteroatoms. The predicted molar refractivity (Wildman–Crippen MR) is 104 cm³/mol. The third-order valence-corrected chi connectivity index (χ3v) is 8.84. The molecule has 8 atom stereocenters. The Morgan fingerprint density at radius 3 is 2.48 bits per heavy atom. The summed E-state index contributed by atoms with van der Waals surface area (Å²) in [6.45, 7) is 10.6. The Bertz CT molecular complexity index is 596. The molecule has 27 heavy (non-hydrogen) atoms. The Hall–Kier alpha value is -0.450. The Kier molecular flexibility index (Phi) is 4.80. The molecule has 0 aromatic heterocycles. The molecule has 0 aromatic rings. The maximum atomic E-state index is 13.0. The number of rotatable bonds is 2. The van der Waals surface area contributed by atoms with Crippen LogP contribution < -0.4 is 0 Å². The molecule has 0 spiro atoms. The van der Waals surface area contributed by atoms with Crippen molar-refractivity contribution < 1.29 is 19.7 Å². The summed E-state index contributed by atoms with van der Waals surface area (Å²) < 4.78 is 0. The van der Waals surface area contributed by atoms with Crippen LogP contribution in [-0.2, 0) is 14.6 Å². The highest BCUT2D eigenvalue weighted by molar-refractivity contribution is 5.87. The Labute approximate surface area is 164 Å². The van der Waals surface area contributed by atoms with Gasteiger partial charge in [0, 0.05) is 6.42 Å². The van der Waals surface area contributed by atoms with Gasteiger partial charge in [0.15, 0.2) is 0 Å². The number of fused-ring (bicyclic) bond motifs is 5. The molecule has 0 radical (unpaired) electrons. The van der Waals surface area contributed by atoms with E-state index in [0.717, 1.165) is 32.1 Å². The predicted octanol–water partition coefficient (Wildman–Crippen LogP) is 4.68. The standard InChI is InChI=1S/C23H38O4/c1-21(2,3)27-26-20-13-18-16(17-8-9-19(25)23(17,20)5)7-6-14-12-15(24)10-11-22(14,18)4/h14-18,20,24H,6-13H2,1-5H3/t14-,15-,16+,17+,18?,20?,22+,23+/m1/s1. The first-order chi connectivity index (χ1) is 12.6. The van der Waals surface area contributed by atoms with Gasteiger partial charge in [-0.3, -0.25) is 4.79 Å². The molecule has 0 heterocycles. The van der Waals surface area contributed by atoms with E-state index in [1.54, 1.807) is 0 Å². The number of Topliss-reactive ketones (excluding diaryl/α,β-unsaturated/α-hetero) is 1. The van der Waals surface area contributed by atoms with Crippen LogP contribution in [0.1, 0.15) is 86.0 Å². The van der Waals surface area contributed by atoms with Gasteiger partial charge in [-0.1, -0.05) is 6.92 Å². The quantitative estimate of drug-likeness (QED) is 0.560. The molecule has 0 bridgehead atoms. The van der Waals surface area contributed by atoms with E-state index in [1.807, 2.05) is 20.8 Å². The normalized spacial score (nSPS) is 50.1. The first kappa shape index (κ1) is 19.8. The molecule has 154 valence electrons. The van der Waals surface area contributed by atoms with E-state index < -0.39 is 5.41 Å². The third-order valence-electron chi connectivity index (χ3n) is 8.84. The van der Waals surface area contributed by atoms with E-state index in [-0.39, 0.29) is 23.2 Å². The molecule has 4 fully saturated rings. The fourth-order valence-electron chi connectivity index (χ4n) is 7.30. The number of ketones is 1. The summed E-state index contributed by atoms with van der Waals surface area (Å²) >= 11 is 0. The van der Waals surface area contributed by atoms with E-state index in [9.17, 15) is 9.90 Å². The van der Waals surface area contributed by atoms with Gasteiger partial charge in [-0.2, -0.15) is 0 Å². The van der Waals surface area contributed by atoms with Gasteiger partial charge >= 0.3 is 0 Å². The Balaban J connectivity index is 1.65. The van der Waals surface area contributed by atoms with E-state index in [0.29, 0.717) is 35.9 Å². The lowest BCUT2D eigenvalue weighted by atomic mass is 9.44. The first-order valence-electron chi connectivity index (χ1n) is 11.1. The van der Waals surface area contributed by atoms with Crippen molar-refractivity contribution in [2.75, 3.05) is 0 Å². The lowest BCUT2D eigenvalue weighted by molar-refractivity contribution is -0.397. The molecule has 2 unspecified atom stereocenters. The highest BCUT2D eigenvalue weighted by atomic mass is 17.2. The third kappa shape index (κ3) is 3.11. The van der Waals surface area contributed by atoms with Gasteiger partial charge in [0.05, 0.1) is 17.1 Å². The largest absolute Gasteiger partial charge is 0.393 e. The average molecular weight is 379 g/mol. The second kappa shape index (κ2) is 6.53. The number of carbonyl (C=O) groups is 1. The van der Waals surface area contributed by atoms with Crippen LogP contribution in [-0.4, -0.2) is 28.7 Å². The van der Waals surface area contributed by atoms with Gasteiger partial charge in [-0.05, 0) is 102 Å². The van der Waals surface area contributed by atoms with Crippen LogP contribution in [0.2, 0.25) is 0 Å². The Morgan fingerprint density at radius 1 is 1.04 bits per heavy atom. The molecule has 4 aliphatic rings. The lowest BCUT2D eigenvalue weighted by Crippen LogP contribution is -2.59. The van der Waals surface area contributed by atoms with Crippen LogP contribution in [0.5, 0.6) is 0 Å². The van der Waals surface area contributed by atoms with Crippen LogP contribution in [0, 0.1) is 34.5 Å². The average Bonchev–Trinajstić information content (AvgIpc) is 2.89.